The Kier molecular flexibility index (Phi) is 3.98. The Morgan fingerprint density at radius 2 is 1.52 bits per heavy atom. The molecule has 1 aliphatic rings. The van der Waals surface area contributed by atoms with Gasteiger partial charge in [-0.3, -0.25) is 0 Å². The highest BCUT2D eigenvalue weighted by molar-refractivity contribution is 5.88. The molecule has 0 bridgehead atoms. The van der Waals surface area contributed by atoms with Crippen LogP contribution in [0.4, 0.5) is 0 Å². The molecule has 2 aromatic rings. The van der Waals surface area contributed by atoms with Gasteiger partial charge in [-0.25, -0.2) is 9.59 Å². The van der Waals surface area contributed by atoms with Crippen molar-refractivity contribution in [3.63, 3.8) is 0 Å². The van der Waals surface area contributed by atoms with Crippen LogP contribution in [0, 0.1) is 0 Å². The molecule has 0 spiro atoms. The van der Waals surface area contributed by atoms with Crippen LogP contribution in [0.15, 0.2) is 60.7 Å². The van der Waals surface area contributed by atoms with Gasteiger partial charge in [-0.05, 0) is 18.1 Å². The highest BCUT2D eigenvalue weighted by Crippen LogP contribution is 2.44. The fourth-order valence-electron chi connectivity index (χ4n) is 2.65. The van der Waals surface area contributed by atoms with Crippen LogP contribution < -0.4 is 0 Å². The summed E-state index contributed by atoms with van der Waals surface area (Å²) in [6, 6.07) is 15.6. The largest absolute Gasteiger partial charge is 0.450 e. The maximum atomic E-state index is 12.0. The lowest BCUT2D eigenvalue weighted by molar-refractivity contribution is -0.159. The van der Waals surface area contributed by atoms with Crippen molar-refractivity contribution in [2.75, 3.05) is 6.61 Å². The summed E-state index contributed by atoms with van der Waals surface area (Å²) in [6.07, 6.45) is -0.474. The molecule has 0 aliphatic heterocycles. The first-order valence-electron chi connectivity index (χ1n) is 7.28. The van der Waals surface area contributed by atoms with E-state index in [2.05, 4.69) is 6.58 Å². The second-order valence-corrected chi connectivity index (χ2v) is 5.40. The average molecular weight is 308 g/mol. The second-order valence-electron chi connectivity index (χ2n) is 5.40. The van der Waals surface area contributed by atoms with E-state index in [1.54, 1.807) is 0 Å². The Labute approximate surface area is 134 Å². The molecule has 4 heteroatoms. The number of rotatable bonds is 4. The predicted molar refractivity (Wildman–Crippen MR) is 85.6 cm³/mol. The van der Waals surface area contributed by atoms with Gasteiger partial charge in [0.1, 0.15) is 0 Å². The average Bonchev–Trinajstić information content (AvgIpc) is 2.87. The van der Waals surface area contributed by atoms with Crippen molar-refractivity contribution in [2.45, 2.75) is 13.0 Å². The maximum Gasteiger partial charge on any atom is 0.345 e. The third kappa shape index (κ3) is 2.88. The van der Waals surface area contributed by atoms with Crippen molar-refractivity contribution in [1.29, 1.82) is 0 Å². The van der Waals surface area contributed by atoms with Gasteiger partial charge in [0, 0.05) is 16.7 Å². The van der Waals surface area contributed by atoms with E-state index >= 15 is 0 Å². The van der Waals surface area contributed by atoms with Gasteiger partial charge < -0.3 is 9.47 Å². The molecule has 0 atom stereocenters. The molecule has 4 nitrogen and oxygen atoms in total. The highest BCUT2D eigenvalue weighted by Gasteiger charge is 2.31. The predicted octanol–water partition coefficient (Wildman–Crippen LogP) is 3.42. The molecule has 116 valence electrons. The molecule has 0 radical (unpaired) electrons. The minimum Gasteiger partial charge on any atom is -0.450 e. The van der Waals surface area contributed by atoms with Gasteiger partial charge in [-0.1, -0.05) is 55.1 Å². The first kappa shape index (κ1) is 15.0. The number of hydrogen-bond donors (Lipinski definition) is 0. The van der Waals surface area contributed by atoms with E-state index in [0.717, 1.165) is 22.3 Å². The number of hydrogen-bond acceptors (Lipinski definition) is 4. The standard InChI is InChI=1S/C19H16O4/c1-12(2)19(21)22-11-17(20)23-18-15-9-5-3-7-13(15)14-8-4-6-10-16(14)18/h3-10,18H,1,11H2,2H3. The lowest BCUT2D eigenvalue weighted by atomic mass is 10.1. The zero-order chi connectivity index (χ0) is 16.4. The van der Waals surface area contributed by atoms with Crippen LogP contribution in [0.1, 0.15) is 24.2 Å². The molecule has 1 aliphatic carbocycles. The smallest absolute Gasteiger partial charge is 0.345 e. The number of esters is 2. The maximum absolute atomic E-state index is 12.0. The minimum absolute atomic E-state index is 0.245. The van der Waals surface area contributed by atoms with E-state index in [1.165, 1.54) is 6.92 Å². The van der Waals surface area contributed by atoms with Gasteiger partial charge in [0.05, 0.1) is 0 Å². The van der Waals surface area contributed by atoms with Gasteiger partial charge in [0.15, 0.2) is 12.7 Å². The van der Waals surface area contributed by atoms with Crippen LogP contribution in [-0.2, 0) is 19.1 Å². The van der Waals surface area contributed by atoms with Gasteiger partial charge in [-0.2, -0.15) is 0 Å². The number of fused-ring (bicyclic) bond motifs is 3. The van der Waals surface area contributed by atoms with Crippen molar-refractivity contribution >= 4 is 11.9 Å². The lowest BCUT2D eigenvalue weighted by Gasteiger charge is -2.15. The first-order valence-corrected chi connectivity index (χ1v) is 7.28. The van der Waals surface area contributed by atoms with Crippen molar-refractivity contribution < 1.29 is 19.1 Å². The third-order valence-electron chi connectivity index (χ3n) is 3.70. The van der Waals surface area contributed by atoms with Crippen LogP contribution in [0.2, 0.25) is 0 Å². The fraction of sp³-hybridized carbons (Fsp3) is 0.158. The summed E-state index contributed by atoms with van der Waals surface area (Å²) in [5.74, 6) is -1.19. The summed E-state index contributed by atoms with van der Waals surface area (Å²) in [5.41, 5.74) is 4.23. The van der Waals surface area contributed by atoms with Crippen LogP contribution >= 0.6 is 0 Å². The first-order chi connectivity index (χ1) is 11.1. The summed E-state index contributed by atoms with van der Waals surface area (Å²) >= 11 is 0. The van der Waals surface area contributed by atoms with Crippen molar-refractivity contribution in [2.24, 2.45) is 0 Å². The van der Waals surface area contributed by atoms with E-state index in [0.29, 0.717) is 0 Å². The number of carbonyl (C=O) groups excluding carboxylic acids is 2. The highest BCUT2D eigenvalue weighted by atomic mass is 16.6. The monoisotopic (exact) mass is 308 g/mol. The summed E-state index contributed by atoms with van der Waals surface area (Å²) in [7, 11) is 0. The number of carbonyl (C=O) groups is 2. The molecule has 2 aromatic carbocycles. The summed E-state index contributed by atoms with van der Waals surface area (Å²) < 4.78 is 10.4. The molecule has 0 saturated heterocycles. The summed E-state index contributed by atoms with van der Waals surface area (Å²) in [6.45, 7) is 4.57. The van der Waals surface area contributed by atoms with E-state index in [-0.39, 0.29) is 5.57 Å². The quantitative estimate of drug-likeness (QED) is 0.641. The van der Waals surface area contributed by atoms with Crippen molar-refractivity contribution in [3.05, 3.63) is 71.8 Å². The van der Waals surface area contributed by atoms with E-state index in [9.17, 15) is 9.59 Å². The van der Waals surface area contributed by atoms with Crippen LogP contribution in [0.25, 0.3) is 11.1 Å². The molecule has 0 heterocycles. The van der Waals surface area contributed by atoms with Gasteiger partial charge >= 0.3 is 11.9 Å². The molecule has 0 saturated carbocycles. The molecule has 0 amide bonds. The van der Waals surface area contributed by atoms with E-state index < -0.39 is 24.6 Å². The fourth-order valence-corrected chi connectivity index (χ4v) is 2.65. The Morgan fingerprint density at radius 1 is 1.00 bits per heavy atom. The third-order valence-corrected chi connectivity index (χ3v) is 3.70. The topological polar surface area (TPSA) is 52.6 Å². The second kappa shape index (κ2) is 6.08. The Balaban J connectivity index is 1.79. The summed E-state index contributed by atoms with van der Waals surface area (Å²) in [5, 5.41) is 0. The zero-order valence-corrected chi connectivity index (χ0v) is 12.7. The van der Waals surface area contributed by atoms with Crippen LogP contribution in [-0.4, -0.2) is 18.5 Å². The van der Waals surface area contributed by atoms with Crippen molar-refractivity contribution in [3.8, 4) is 11.1 Å². The minimum atomic E-state index is -0.603. The molecule has 0 unspecified atom stereocenters. The molecular weight excluding hydrogens is 292 g/mol. The van der Waals surface area contributed by atoms with E-state index in [4.69, 9.17) is 9.47 Å². The molecule has 0 N–H and O–H groups in total. The Morgan fingerprint density at radius 3 is 2.04 bits per heavy atom. The Bertz CT molecular complexity index is 746. The zero-order valence-electron chi connectivity index (χ0n) is 12.7. The molecular formula is C19H16O4. The summed E-state index contributed by atoms with van der Waals surface area (Å²) in [4.78, 5) is 23.4. The molecule has 0 fully saturated rings. The molecule has 0 aromatic heterocycles. The van der Waals surface area contributed by atoms with Crippen molar-refractivity contribution in [1.82, 2.24) is 0 Å². The molecule has 3 rings (SSSR count). The number of benzene rings is 2. The number of ether oxygens (including phenoxy) is 2. The van der Waals surface area contributed by atoms with Gasteiger partial charge in [-0.15, -0.1) is 0 Å². The SMILES string of the molecule is C=C(C)C(=O)OCC(=O)OC1c2ccccc2-c2ccccc21. The Hall–Kier alpha value is -2.88. The molecule has 23 heavy (non-hydrogen) atoms. The van der Waals surface area contributed by atoms with Gasteiger partial charge in [0.2, 0.25) is 0 Å². The van der Waals surface area contributed by atoms with E-state index in [1.807, 2.05) is 48.5 Å². The lowest BCUT2D eigenvalue weighted by Crippen LogP contribution is -2.19. The van der Waals surface area contributed by atoms with Crippen LogP contribution in [0.3, 0.4) is 0 Å². The van der Waals surface area contributed by atoms with Crippen LogP contribution in [0.5, 0.6) is 0 Å². The normalized spacial score (nSPS) is 12.2. The van der Waals surface area contributed by atoms with Gasteiger partial charge in [0.25, 0.3) is 0 Å².